The maximum absolute atomic E-state index is 13.6. The Bertz CT molecular complexity index is 1270. The zero-order chi connectivity index (χ0) is 23.7. The minimum absolute atomic E-state index is 0.251. The normalized spacial score (nSPS) is 12.4. The van der Waals surface area contributed by atoms with Gasteiger partial charge >= 0.3 is 5.97 Å². The van der Waals surface area contributed by atoms with E-state index in [2.05, 4.69) is 5.32 Å². The van der Waals surface area contributed by atoms with Crippen LogP contribution in [0.15, 0.2) is 54.6 Å². The Balaban J connectivity index is 1.73. The van der Waals surface area contributed by atoms with Crippen LogP contribution in [-0.4, -0.2) is 27.8 Å². The van der Waals surface area contributed by atoms with Gasteiger partial charge in [-0.25, -0.2) is 4.39 Å². The van der Waals surface area contributed by atoms with Gasteiger partial charge in [-0.3, -0.25) is 14.4 Å². The largest absolute Gasteiger partial charge is 0.481 e. The van der Waals surface area contributed by atoms with Crippen molar-refractivity contribution in [1.82, 2.24) is 4.90 Å². The Hall–Kier alpha value is -4.00. The Morgan fingerprint density at radius 2 is 1.58 bits per heavy atom. The van der Waals surface area contributed by atoms with Crippen molar-refractivity contribution in [3.63, 3.8) is 0 Å². The zero-order valence-corrected chi connectivity index (χ0v) is 18.3. The number of aliphatic carboxylic acids is 1. The van der Waals surface area contributed by atoms with E-state index in [1.54, 1.807) is 35.2 Å². The van der Waals surface area contributed by atoms with E-state index < -0.39 is 11.8 Å². The molecule has 0 aliphatic carbocycles. The van der Waals surface area contributed by atoms with Gasteiger partial charge in [0.15, 0.2) is 0 Å². The van der Waals surface area contributed by atoms with Gasteiger partial charge < -0.3 is 15.3 Å². The monoisotopic (exact) mass is 446 g/mol. The summed E-state index contributed by atoms with van der Waals surface area (Å²) in [5.41, 5.74) is 4.88. The van der Waals surface area contributed by atoms with Crippen LogP contribution in [0.3, 0.4) is 0 Å². The van der Waals surface area contributed by atoms with E-state index in [1.165, 1.54) is 18.2 Å². The van der Waals surface area contributed by atoms with Crippen molar-refractivity contribution in [2.24, 2.45) is 0 Å². The second-order valence-electron chi connectivity index (χ2n) is 8.12. The molecule has 0 spiro atoms. The summed E-state index contributed by atoms with van der Waals surface area (Å²) in [5, 5.41) is 12.4. The van der Waals surface area contributed by atoms with Gasteiger partial charge in [-0.05, 0) is 72.0 Å². The molecule has 2 N–H and O–H groups in total. The molecule has 1 aliphatic heterocycles. The topological polar surface area (TPSA) is 86.7 Å². The highest BCUT2D eigenvalue weighted by Crippen LogP contribution is 2.38. The maximum Gasteiger partial charge on any atom is 0.307 e. The van der Waals surface area contributed by atoms with Crippen LogP contribution in [0.2, 0.25) is 0 Å². The van der Waals surface area contributed by atoms with Crippen molar-refractivity contribution in [1.29, 1.82) is 0 Å². The number of nitrogens with zero attached hydrogens (tertiary/aromatic N) is 1. The molecule has 0 aromatic heterocycles. The highest BCUT2D eigenvalue weighted by atomic mass is 19.1. The lowest BCUT2D eigenvalue weighted by Crippen LogP contribution is -2.25. The number of carboxylic acids is 1. The molecule has 0 bridgehead atoms. The third-order valence-electron chi connectivity index (χ3n) is 6.06. The number of carbonyl (C=O) groups is 3. The van der Waals surface area contributed by atoms with Crippen LogP contribution in [0, 0.1) is 19.7 Å². The second kappa shape index (κ2) is 8.86. The number of benzene rings is 3. The third kappa shape index (κ3) is 4.35. The number of rotatable bonds is 5. The molecule has 0 saturated heterocycles. The summed E-state index contributed by atoms with van der Waals surface area (Å²) in [4.78, 5) is 39.1. The van der Waals surface area contributed by atoms with Gasteiger partial charge in [0, 0.05) is 29.9 Å². The van der Waals surface area contributed by atoms with Crippen LogP contribution >= 0.6 is 0 Å². The highest BCUT2D eigenvalue weighted by molar-refractivity contribution is 6.05. The molecule has 0 fully saturated rings. The van der Waals surface area contributed by atoms with Crippen molar-refractivity contribution >= 4 is 23.5 Å². The van der Waals surface area contributed by atoms with Gasteiger partial charge in [0.1, 0.15) is 5.82 Å². The minimum atomic E-state index is -1.02. The fourth-order valence-corrected chi connectivity index (χ4v) is 4.33. The van der Waals surface area contributed by atoms with Gasteiger partial charge in [-0.15, -0.1) is 0 Å². The van der Waals surface area contributed by atoms with Crippen molar-refractivity contribution in [2.45, 2.75) is 33.4 Å². The number of amides is 2. The van der Waals surface area contributed by atoms with E-state index in [0.717, 1.165) is 22.3 Å². The lowest BCUT2D eigenvalue weighted by atomic mass is 9.90. The molecule has 6 nitrogen and oxygen atoms in total. The molecule has 1 heterocycles. The summed E-state index contributed by atoms with van der Waals surface area (Å²) in [6, 6.07) is 14.2. The van der Waals surface area contributed by atoms with Crippen molar-refractivity contribution < 1.29 is 23.9 Å². The first-order valence-corrected chi connectivity index (χ1v) is 10.5. The van der Waals surface area contributed by atoms with Crippen LogP contribution in [0.25, 0.3) is 0 Å². The standard InChI is InChI=1S/C26H23FN2O4/c1-15-20(12-23(30)31)24(28-25(32)17-7-4-3-5-8-17)16(2)22-14-29(13-21(15)22)26(33)18-9-6-10-19(27)11-18/h3-11H,12-14H2,1-2H3,(H,28,32)(H,30,31). The molecule has 0 radical (unpaired) electrons. The van der Waals surface area contributed by atoms with Gasteiger partial charge in [0.05, 0.1) is 6.42 Å². The summed E-state index contributed by atoms with van der Waals surface area (Å²) in [6.45, 7) is 4.21. The number of fused-ring (bicyclic) bond motifs is 1. The lowest BCUT2D eigenvalue weighted by Gasteiger charge is -2.20. The van der Waals surface area contributed by atoms with Gasteiger partial charge in [-0.2, -0.15) is 0 Å². The Morgan fingerprint density at radius 1 is 0.939 bits per heavy atom. The molecule has 7 heteroatoms. The first-order valence-electron chi connectivity index (χ1n) is 10.5. The predicted octanol–water partition coefficient (Wildman–Crippen LogP) is 4.48. The minimum Gasteiger partial charge on any atom is -0.481 e. The molecule has 33 heavy (non-hydrogen) atoms. The Kier molecular flexibility index (Phi) is 5.96. The number of nitrogens with one attached hydrogen (secondary N) is 1. The smallest absolute Gasteiger partial charge is 0.307 e. The average Bonchev–Trinajstić information content (AvgIpc) is 3.25. The van der Waals surface area contributed by atoms with Gasteiger partial charge in [0.2, 0.25) is 0 Å². The molecule has 168 valence electrons. The van der Waals surface area contributed by atoms with Crippen LogP contribution in [-0.2, 0) is 24.3 Å². The van der Waals surface area contributed by atoms with Crippen LogP contribution in [0.4, 0.5) is 10.1 Å². The van der Waals surface area contributed by atoms with Gasteiger partial charge in [0.25, 0.3) is 11.8 Å². The molecule has 1 aliphatic rings. The number of carboxylic acid groups (broad SMARTS) is 1. The van der Waals surface area contributed by atoms with E-state index in [1.807, 2.05) is 19.9 Å². The zero-order valence-electron chi connectivity index (χ0n) is 18.3. The van der Waals surface area contributed by atoms with Crippen LogP contribution in [0.1, 0.15) is 48.5 Å². The summed E-state index contributed by atoms with van der Waals surface area (Å²) in [7, 11) is 0. The van der Waals surface area contributed by atoms with E-state index >= 15 is 0 Å². The summed E-state index contributed by atoms with van der Waals surface area (Å²) >= 11 is 0. The molecular formula is C26H23FN2O4. The van der Waals surface area contributed by atoms with Crippen LogP contribution in [0.5, 0.6) is 0 Å². The molecule has 0 unspecified atom stereocenters. The fourth-order valence-electron chi connectivity index (χ4n) is 4.33. The first kappa shape index (κ1) is 22.2. The summed E-state index contributed by atoms with van der Waals surface area (Å²) in [6.07, 6.45) is -0.262. The summed E-state index contributed by atoms with van der Waals surface area (Å²) in [5.74, 6) is -2.15. The molecule has 3 aromatic carbocycles. The van der Waals surface area contributed by atoms with E-state index in [9.17, 15) is 23.9 Å². The summed E-state index contributed by atoms with van der Waals surface area (Å²) < 4.78 is 13.6. The quantitative estimate of drug-likeness (QED) is 0.605. The first-order chi connectivity index (χ1) is 15.8. The number of hydrogen-bond acceptors (Lipinski definition) is 3. The number of halogens is 1. The van der Waals surface area contributed by atoms with Crippen molar-refractivity contribution in [2.75, 3.05) is 5.32 Å². The van der Waals surface area contributed by atoms with Gasteiger partial charge in [-0.1, -0.05) is 24.3 Å². The average molecular weight is 446 g/mol. The van der Waals surface area contributed by atoms with Crippen molar-refractivity contribution in [3.05, 3.63) is 99.4 Å². The molecular weight excluding hydrogens is 423 g/mol. The number of hydrogen-bond donors (Lipinski definition) is 2. The van der Waals surface area contributed by atoms with E-state index in [-0.39, 0.29) is 30.3 Å². The maximum atomic E-state index is 13.6. The second-order valence-corrected chi connectivity index (χ2v) is 8.12. The van der Waals surface area contributed by atoms with E-state index in [0.29, 0.717) is 23.4 Å². The predicted molar refractivity (Wildman–Crippen MR) is 122 cm³/mol. The van der Waals surface area contributed by atoms with Crippen LogP contribution < -0.4 is 5.32 Å². The molecule has 3 aromatic rings. The molecule has 4 rings (SSSR count). The Morgan fingerprint density at radius 3 is 2.21 bits per heavy atom. The number of anilines is 1. The number of carbonyl (C=O) groups excluding carboxylic acids is 2. The fraction of sp³-hybridized carbons (Fsp3) is 0.192. The highest BCUT2D eigenvalue weighted by Gasteiger charge is 2.31. The molecule has 2 amide bonds. The third-order valence-corrected chi connectivity index (χ3v) is 6.06. The van der Waals surface area contributed by atoms with Crippen molar-refractivity contribution in [3.8, 4) is 0 Å². The molecule has 0 atom stereocenters. The molecule has 0 saturated carbocycles. The Labute approximate surface area is 190 Å². The lowest BCUT2D eigenvalue weighted by molar-refractivity contribution is -0.136. The van der Waals surface area contributed by atoms with E-state index in [4.69, 9.17) is 0 Å². The SMILES string of the molecule is Cc1c2c(c(C)c(NC(=O)c3ccccc3)c1CC(=O)O)CN(C(=O)c1cccc(F)c1)C2.